The van der Waals surface area contributed by atoms with Gasteiger partial charge in [0.15, 0.2) is 0 Å². The van der Waals surface area contributed by atoms with Crippen molar-refractivity contribution in [3.05, 3.63) is 64.7 Å². The number of hydrogen-bond acceptors (Lipinski definition) is 2. The van der Waals surface area contributed by atoms with E-state index in [1.54, 1.807) is 0 Å². The predicted molar refractivity (Wildman–Crippen MR) is 92.7 cm³/mol. The fraction of sp³-hybridized carbons (Fsp3) is 0.350. The van der Waals surface area contributed by atoms with Crippen LogP contribution in [0.25, 0.3) is 0 Å². The van der Waals surface area contributed by atoms with E-state index < -0.39 is 11.5 Å². The minimum absolute atomic E-state index is 0.123. The van der Waals surface area contributed by atoms with Crippen LogP contribution in [0.3, 0.4) is 0 Å². The third kappa shape index (κ3) is 2.36. The molecule has 0 fully saturated rings. The molecule has 1 aliphatic heterocycles. The van der Waals surface area contributed by atoms with Crippen molar-refractivity contribution in [3.63, 3.8) is 0 Å². The van der Waals surface area contributed by atoms with Crippen LogP contribution in [0.4, 0.5) is 5.69 Å². The summed E-state index contributed by atoms with van der Waals surface area (Å²) in [5.74, 6) is 0.123. The number of amides is 1. The maximum Gasteiger partial charge on any atom is 0.237 e. The van der Waals surface area contributed by atoms with E-state index in [2.05, 4.69) is 0 Å². The maximum absolute atomic E-state index is 12.6. The molecular weight excluding hydrogens is 286 g/mol. The number of rotatable bonds is 3. The molecule has 1 N–H and O–H groups in total. The van der Waals surface area contributed by atoms with Crippen LogP contribution in [-0.2, 0) is 10.2 Å². The second-order valence-corrected chi connectivity index (χ2v) is 6.71. The lowest BCUT2D eigenvalue weighted by Crippen LogP contribution is -2.35. The van der Waals surface area contributed by atoms with Gasteiger partial charge >= 0.3 is 0 Å². The molecule has 1 unspecified atom stereocenters. The number of hydrogen-bond donors (Lipinski definition) is 1. The van der Waals surface area contributed by atoms with E-state index in [-0.39, 0.29) is 5.91 Å². The van der Waals surface area contributed by atoms with Crippen LogP contribution in [0.5, 0.6) is 0 Å². The van der Waals surface area contributed by atoms with Gasteiger partial charge < -0.3 is 10.0 Å². The van der Waals surface area contributed by atoms with Gasteiger partial charge in [0, 0.05) is 12.2 Å². The molecule has 3 nitrogen and oxygen atoms in total. The topological polar surface area (TPSA) is 40.5 Å². The molecule has 120 valence electrons. The molecule has 3 heteroatoms. The van der Waals surface area contributed by atoms with Crippen LogP contribution in [-0.4, -0.2) is 17.6 Å². The van der Waals surface area contributed by atoms with Crippen molar-refractivity contribution in [2.24, 2.45) is 0 Å². The van der Waals surface area contributed by atoms with Gasteiger partial charge in [-0.25, -0.2) is 0 Å². The summed E-state index contributed by atoms with van der Waals surface area (Å²) in [6, 6.07) is 13.7. The monoisotopic (exact) mass is 309 g/mol. The Morgan fingerprint density at radius 2 is 1.87 bits per heavy atom. The van der Waals surface area contributed by atoms with Crippen molar-refractivity contribution < 1.29 is 9.90 Å². The molecule has 2 aromatic carbocycles. The lowest BCUT2D eigenvalue weighted by Gasteiger charge is -2.19. The van der Waals surface area contributed by atoms with Gasteiger partial charge in [-0.05, 0) is 62.1 Å². The van der Waals surface area contributed by atoms with Crippen LogP contribution in [0.15, 0.2) is 42.5 Å². The average molecular weight is 309 g/mol. The molecule has 2 aromatic rings. The van der Waals surface area contributed by atoms with Gasteiger partial charge in [0.05, 0.1) is 5.41 Å². The van der Waals surface area contributed by atoms with Gasteiger partial charge in [-0.3, -0.25) is 4.79 Å². The summed E-state index contributed by atoms with van der Waals surface area (Å²) in [6.45, 7) is 8.55. The molecule has 0 spiro atoms. The first-order valence-electron chi connectivity index (χ1n) is 8.08. The first kappa shape index (κ1) is 15.8. The Labute approximate surface area is 137 Å². The third-order valence-electron chi connectivity index (χ3n) is 4.88. The molecule has 3 rings (SSSR count). The molecule has 0 saturated heterocycles. The Morgan fingerprint density at radius 3 is 2.52 bits per heavy atom. The normalized spacial score (nSPS) is 17.3. The highest BCUT2D eigenvalue weighted by molar-refractivity contribution is 6.07. The Bertz CT molecular complexity index is 764. The van der Waals surface area contributed by atoms with Crippen molar-refractivity contribution in [2.45, 2.75) is 39.2 Å². The van der Waals surface area contributed by atoms with Crippen molar-refractivity contribution in [2.75, 3.05) is 11.4 Å². The summed E-state index contributed by atoms with van der Waals surface area (Å²) in [7, 11) is 0. The van der Waals surface area contributed by atoms with E-state index in [1.807, 2.05) is 75.1 Å². The number of carbonyl (C=O) groups is 1. The summed E-state index contributed by atoms with van der Waals surface area (Å²) in [5, 5.41) is 10.8. The van der Waals surface area contributed by atoms with E-state index in [9.17, 15) is 9.90 Å². The first-order chi connectivity index (χ1) is 10.9. The molecule has 0 bridgehead atoms. The molecular formula is C20H23NO2. The molecule has 1 heterocycles. The van der Waals surface area contributed by atoms with E-state index in [0.717, 1.165) is 27.9 Å². The second-order valence-electron chi connectivity index (χ2n) is 6.71. The lowest BCUT2D eigenvalue weighted by molar-refractivity contribution is -0.122. The minimum atomic E-state index is -0.678. The highest BCUT2D eigenvalue weighted by Crippen LogP contribution is 2.43. The fourth-order valence-corrected chi connectivity index (χ4v) is 3.41. The molecule has 0 radical (unpaired) electrons. The highest BCUT2D eigenvalue weighted by Gasteiger charge is 2.43. The Balaban J connectivity index is 2.07. The van der Waals surface area contributed by atoms with E-state index in [0.29, 0.717) is 6.54 Å². The van der Waals surface area contributed by atoms with Gasteiger partial charge in [-0.1, -0.05) is 30.3 Å². The quantitative estimate of drug-likeness (QED) is 0.938. The van der Waals surface area contributed by atoms with Gasteiger partial charge in [-0.15, -0.1) is 0 Å². The van der Waals surface area contributed by atoms with Crippen molar-refractivity contribution in [1.29, 1.82) is 0 Å². The van der Waals surface area contributed by atoms with Crippen LogP contribution in [0.1, 0.15) is 49.1 Å². The standard InChI is InChI=1S/C20H23NO2/c1-5-21-17-11-10-14(12-16(17)20(3,4)19(21)23)18(22)15-9-7-6-8-13(15)2/h6-12,18,22H,5H2,1-4H3. The number of likely N-dealkylation sites (N-methyl/N-ethyl adjacent to an activating group) is 1. The van der Waals surface area contributed by atoms with Gasteiger partial charge in [0.25, 0.3) is 0 Å². The zero-order valence-corrected chi connectivity index (χ0v) is 14.1. The molecule has 1 amide bonds. The van der Waals surface area contributed by atoms with E-state index in [4.69, 9.17) is 0 Å². The fourth-order valence-electron chi connectivity index (χ4n) is 3.41. The number of anilines is 1. The Morgan fingerprint density at radius 1 is 1.17 bits per heavy atom. The molecule has 23 heavy (non-hydrogen) atoms. The zero-order valence-electron chi connectivity index (χ0n) is 14.1. The number of benzene rings is 2. The van der Waals surface area contributed by atoms with Crippen LogP contribution >= 0.6 is 0 Å². The van der Waals surface area contributed by atoms with E-state index >= 15 is 0 Å². The van der Waals surface area contributed by atoms with Crippen molar-refractivity contribution >= 4 is 11.6 Å². The minimum Gasteiger partial charge on any atom is -0.384 e. The summed E-state index contributed by atoms with van der Waals surface area (Å²) < 4.78 is 0. The first-order valence-corrected chi connectivity index (χ1v) is 8.08. The van der Waals surface area contributed by atoms with Crippen molar-refractivity contribution in [1.82, 2.24) is 0 Å². The van der Waals surface area contributed by atoms with Crippen LogP contribution in [0.2, 0.25) is 0 Å². The number of carbonyl (C=O) groups excluding carboxylic acids is 1. The smallest absolute Gasteiger partial charge is 0.237 e. The average Bonchev–Trinajstić information content (AvgIpc) is 2.73. The molecule has 0 saturated carbocycles. The van der Waals surface area contributed by atoms with Crippen LogP contribution < -0.4 is 4.90 Å². The van der Waals surface area contributed by atoms with Gasteiger partial charge in [0.2, 0.25) is 5.91 Å². The molecule has 1 atom stereocenters. The second kappa shape index (κ2) is 5.50. The number of nitrogens with zero attached hydrogens (tertiary/aromatic N) is 1. The van der Waals surface area contributed by atoms with Gasteiger partial charge in [-0.2, -0.15) is 0 Å². The third-order valence-corrected chi connectivity index (χ3v) is 4.88. The van der Waals surface area contributed by atoms with Gasteiger partial charge in [0.1, 0.15) is 6.10 Å². The zero-order chi connectivity index (χ0) is 16.8. The molecule has 0 aliphatic carbocycles. The number of aryl methyl sites for hydroxylation is 1. The largest absolute Gasteiger partial charge is 0.384 e. The summed E-state index contributed by atoms with van der Waals surface area (Å²) in [6.07, 6.45) is -0.678. The summed E-state index contributed by atoms with van der Waals surface area (Å²) >= 11 is 0. The predicted octanol–water partition coefficient (Wildman–Crippen LogP) is 3.72. The highest BCUT2D eigenvalue weighted by atomic mass is 16.3. The summed E-state index contributed by atoms with van der Waals surface area (Å²) in [5.41, 5.74) is 4.20. The lowest BCUT2D eigenvalue weighted by atomic mass is 9.84. The van der Waals surface area contributed by atoms with Crippen molar-refractivity contribution in [3.8, 4) is 0 Å². The molecule has 1 aliphatic rings. The number of aliphatic hydroxyl groups is 1. The van der Waals surface area contributed by atoms with Crippen LogP contribution in [0, 0.1) is 6.92 Å². The van der Waals surface area contributed by atoms with E-state index in [1.165, 1.54) is 0 Å². The Hall–Kier alpha value is -2.13. The Kier molecular flexibility index (Phi) is 3.77. The maximum atomic E-state index is 12.6. The number of aliphatic hydroxyl groups excluding tert-OH is 1. The number of fused-ring (bicyclic) bond motifs is 1. The molecule has 0 aromatic heterocycles. The SMILES string of the molecule is CCN1C(=O)C(C)(C)c2cc(C(O)c3ccccc3C)ccc21. The summed E-state index contributed by atoms with van der Waals surface area (Å²) in [4.78, 5) is 14.4.